The summed E-state index contributed by atoms with van der Waals surface area (Å²) in [5.74, 6) is -2.62. The number of rotatable bonds is 3. The number of anilines is 1. The molecule has 1 aromatic rings. The maximum atomic E-state index is 13.5. The highest BCUT2D eigenvalue weighted by atomic mass is 19.3. The molecule has 3 nitrogen and oxygen atoms in total. The molecule has 0 N–H and O–H groups in total. The van der Waals surface area contributed by atoms with Crippen molar-refractivity contribution in [3.05, 3.63) is 42.1 Å². The maximum absolute atomic E-state index is 13.5. The number of allylic oxidation sites excluding steroid dienone is 2. The van der Waals surface area contributed by atoms with Crippen LogP contribution in [0.25, 0.3) is 0 Å². The van der Waals surface area contributed by atoms with Crippen LogP contribution in [-0.2, 0) is 9.31 Å². The molecule has 0 radical (unpaired) electrons. The zero-order valence-electron chi connectivity index (χ0n) is 14.7. The molecule has 0 atom stereocenters. The van der Waals surface area contributed by atoms with Gasteiger partial charge in [0.25, 0.3) is 5.92 Å². The lowest BCUT2D eigenvalue weighted by atomic mass is 9.90. The van der Waals surface area contributed by atoms with Crippen LogP contribution in [0.1, 0.15) is 47.0 Å². The lowest BCUT2D eigenvalue weighted by molar-refractivity contribution is -0.00881. The number of hydrogen-bond acceptors (Lipinski definition) is 3. The van der Waals surface area contributed by atoms with E-state index in [1.807, 2.05) is 62.8 Å². The summed E-state index contributed by atoms with van der Waals surface area (Å²) in [5, 5.41) is 0. The fourth-order valence-corrected chi connectivity index (χ4v) is 2.93. The largest absolute Gasteiger partial charge is 0.598 e. The van der Waals surface area contributed by atoms with E-state index in [1.165, 1.54) is 0 Å². The minimum Gasteiger partial charge on any atom is -0.384 e. The van der Waals surface area contributed by atoms with Gasteiger partial charge in [-0.3, -0.25) is 0 Å². The highest BCUT2D eigenvalue weighted by Crippen LogP contribution is 2.42. The van der Waals surface area contributed by atoms with E-state index >= 15 is 0 Å². The average Bonchev–Trinajstić information content (AvgIpc) is 2.70. The second-order valence-electron chi connectivity index (χ2n) is 7.52. The van der Waals surface area contributed by atoms with Gasteiger partial charge in [0.15, 0.2) is 0 Å². The summed E-state index contributed by atoms with van der Waals surface area (Å²) in [7, 11) is -0.629. The van der Waals surface area contributed by atoms with Gasteiger partial charge >= 0.3 is 7.25 Å². The van der Waals surface area contributed by atoms with E-state index in [4.69, 9.17) is 9.31 Å². The van der Waals surface area contributed by atoms with Crippen LogP contribution in [0.15, 0.2) is 42.1 Å². The van der Waals surface area contributed by atoms with Gasteiger partial charge in [-0.05, 0) is 46.2 Å². The van der Waals surface area contributed by atoms with Gasteiger partial charge in [0, 0.05) is 24.2 Å². The Kier molecular flexibility index (Phi) is 4.25. The molecule has 0 amide bonds. The minimum atomic E-state index is -2.62. The molecule has 2 aliphatic rings. The van der Waals surface area contributed by atoms with E-state index in [1.54, 1.807) is 6.08 Å². The Hall–Kier alpha value is -1.40. The molecular weight excluding hydrogens is 311 g/mol. The summed E-state index contributed by atoms with van der Waals surface area (Å²) in [5.41, 5.74) is 0.742. The van der Waals surface area contributed by atoms with Crippen molar-refractivity contribution in [2.75, 3.05) is 4.81 Å². The van der Waals surface area contributed by atoms with Crippen molar-refractivity contribution in [3.63, 3.8) is 0 Å². The van der Waals surface area contributed by atoms with Crippen molar-refractivity contribution in [3.8, 4) is 0 Å². The first kappa shape index (κ1) is 17.4. The standard InChI is InChI=1S/C18H24BF2NO2/c1-16(2)17(3,4)24-19(23-16)22(14-8-6-5-7-9-14)15-10-12-18(20,21)13-11-15/h5-10H,11-13H2,1-4H3. The summed E-state index contributed by atoms with van der Waals surface area (Å²) in [6.45, 7) is 7.94. The van der Waals surface area contributed by atoms with Gasteiger partial charge in [0.1, 0.15) is 0 Å². The topological polar surface area (TPSA) is 21.7 Å². The van der Waals surface area contributed by atoms with Crippen LogP contribution in [0.5, 0.6) is 0 Å². The SMILES string of the molecule is CC1(C)OB(N(C2=CCC(F)(F)CC2)c2ccccc2)OC1(C)C. The fraction of sp³-hybridized carbons (Fsp3) is 0.556. The van der Waals surface area contributed by atoms with Gasteiger partial charge in [-0.25, -0.2) is 8.78 Å². The maximum Gasteiger partial charge on any atom is 0.598 e. The first-order valence-corrected chi connectivity index (χ1v) is 8.38. The van der Waals surface area contributed by atoms with Gasteiger partial charge in [-0.2, -0.15) is 0 Å². The highest BCUT2D eigenvalue weighted by Gasteiger charge is 2.55. The minimum absolute atomic E-state index is 0.151. The third-order valence-corrected chi connectivity index (χ3v) is 5.18. The zero-order chi connectivity index (χ0) is 17.6. The molecule has 0 spiro atoms. The lowest BCUT2D eigenvalue weighted by Gasteiger charge is -2.33. The monoisotopic (exact) mass is 335 g/mol. The van der Waals surface area contributed by atoms with Crippen LogP contribution < -0.4 is 4.81 Å². The molecule has 1 aromatic carbocycles. The first-order valence-electron chi connectivity index (χ1n) is 8.38. The third kappa shape index (κ3) is 3.22. The number of benzene rings is 1. The van der Waals surface area contributed by atoms with Gasteiger partial charge in [-0.1, -0.05) is 24.3 Å². The number of nitrogens with zero attached hydrogens (tertiary/aromatic N) is 1. The predicted molar refractivity (Wildman–Crippen MR) is 91.9 cm³/mol. The van der Waals surface area contributed by atoms with Gasteiger partial charge in [-0.15, -0.1) is 0 Å². The van der Waals surface area contributed by atoms with Crippen LogP contribution in [0.4, 0.5) is 14.5 Å². The molecule has 0 bridgehead atoms. The summed E-state index contributed by atoms with van der Waals surface area (Å²) in [6, 6.07) is 9.66. The van der Waals surface area contributed by atoms with E-state index in [2.05, 4.69) is 0 Å². The van der Waals surface area contributed by atoms with E-state index in [0.717, 1.165) is 11.4 Å². The molecular formula is C18H24BF2NO2. The van der Waals surface area contributed by atoms with Crippen LogP contribution in [0, 0.1) is 0 Å². The fourth-order valence-electron chi connectivity index (χ4n) is 2.93. The molecule has 24 heavy (non-hydrogen) atoms. The quantitative estimate of drug-likeness (QED) is 0.742. The van der Waals surface area contributed by atoms with E-state index in [0.29, 0.717) is 6.42 Å². The van der Waals surface area contributed by atoms with E-state index in [9.17, 15) is 8.78 Å². The van der Waals surface area contributed by atoms with Crippen molar-refractivity contribution in [2.45, 2.75) is 64.1 Å². The zero-order valence-corrected chi connectivity index (χ0v) is 14.7. The number of halogens is 2. The summed E-state index contributed by atoms with van der Waals surface area (Å²) < 4.78 is 39.4. The van der Waals surface area contributed by atoms with Gasteiger partial charge in [0.05, 0.1) is 11.2 Å². The number of alkyl halides is 2. The van der Waals surface area contributed by atoms with Crippen molar-refractivity contribution in [2.24, 2.45) is 0 Å². The van der Waals surface area contributed by atoms with Crippen molar-refractivity contribution < 1.29 is 18.1 Å². The molecule has 1 saturated heterocycles. The van der Waals surface area contributed by atoms with Crippen molar-refractivity contribution >= 4 is 12.9 Å². The third-order valence-electron chi connectivity index (χ3n) is 5.18. The second-order valence-corrected chi connectivity index (χ2v) is 7.52. The second kappa shape index (κ2) is 5.85. The van der Waals surface area contributed by atoms with Crippen LogP contribution in [0.3, 0.4) is 0 Å². The molecule has 0 saturated carbocycles. The van der Waals surface area contributed by atoms with E-state index in [-0.39, 0.29) is 12.8 Å². The molecule has 3 rings (SSSR count). The molecule has 0 unspecified atom stereocenters. The Bertz CT molecular complexity index is 615. The van der Waals surface area contributed by atoms with E-state index < -0.39 is 24.4 Å². The van der Waals surface area contributed by atoms with Crippen LogP contribution in [0.2, 0.25) is 0 Å². The Morgan fingerprint density at radius 1 is 1.00 bits per heavy atom. The lowest BCUT2D eigenvalue weighted by Crippen LogP contribution is -2.43. The van der Waals surface area contributed by atoms with Gasteiger partial charge in [0.2, 0.25) is 0 Å². The molecule has 6 heteroatoms. The molecule has 0 aromatic heterocycles. The Balaban J connectivity index is 1.95. The van der Waals surface area contributed by atoms with Crippen LogP contribution >= 0.6 is 0 Å². The van der Waals surface area contributed by atoms with Crippen molar-refractivity contribution in [1.82, 2.24) is 0 Å². The first-order chi connectivity index (χ1) is 11.1. The molecule has 130 valence electrons. The van der Waals surface area contributed by atoms with Gasteiger partial charge < -0.3 is 14.1 Å². The normalized spacial score (nSPS) is 24.6. The molecule has 1 aliphatic heterocycles. The smallest absolute Gasteiger partial charge is 0.384 e. The Labute approximate surface area is 142 Å². The number of hydrogen-bond donors (Lipinski definition) is 0. The summed E-state index contributed by atoms with van der Waals surface area (Å²) in [6.07, 6.45) is 1.51. The predicted octanol–water partition coefficient (Wildman–Crippen LogP) is 4.79. The Morgan fingerprint density at radius 2 is 1.58 bits per heavy atom. The summed E-state index contributed by atoms with van der Waals surface area (Å²) in [4.78, 5) is 1.91. The van der Waals surface area contributed by atoms with Crippen LogP contribution in [-0.4, -0.2) is 24.4 Å². The molecule has 1 fully saturated rings. The average molecular weight is 335 g/mol. The number of para-hydroxylation sites is 1. The highest BCUT2D eigenvalue weighted by molar-refractivity contribution is 6.52. The van der Waals surface area contributed by atoms with Crippen molar-refractivity contribution in [1.29, 1.82) is 0 Å². The summed E-state index contributed by atoms with van der Waals surface area (Å²) >= 11 is 0. The molecule has 1 heterocycles. The Morgan fingerprint density at radius 3 is 2.08 bits per heavy atom. The molecule has 1 aliphatic carbocycles.